The molecule has 0 fully saturated rings. The Bertz CT molecular complexity index is 953. The molecule has 2 rings (SSSR count). The molecule has 0 radical (unpaired) electrons. The van der Waals surface area contributed by atoms with Gasteiger partial charge in [0.2, 0.25) is 6.19 Å². The lowest BCUT2D eigenvalue weighted by atomic mass is 9.92. The van der Waals surface area contributed by atoms with Gasteiger partial charge in [-0.1, -0.05) is 35.4 Å². The predicted molar refractivity (Wildman–Crippen MR) is 107 cm³/mol. The van der Waals surface area contributed by atoms with Crippen LogP contribution in [0.5, 0.6) is 5.75 Å². The Morgan fingerprint density at radius 2 is 1.67 bits per heavy atom. The molecule has 1 atom stereocenters. The van der Waals surface area contributed by atoms with Gasteiger partial charge >= 0.3 is 12.1 Å². The van der Waals surface area contributed by atoms with E-state index in [0.29, 0.717) is 15.5 Å². The van der Waals surface area contributed by atoms with Crippen LogP contribution in [0.4, 0.5) is 18.9 Å². The number of alkyl halides is 3. The molecule has 11 heteroatoms. The van der Waals surface area contributed by atoms with E-state index in [1.54, 1.807) is 18.7 Å². The predicted octanol–water partition coefficient (Wildman–Crippen LogP) is 5.70. The van der Waals surface area contributed by atoms with Crippen molar-refractivity contribution in [1.29, 1.82) is 5.26 Å². The summed E-state index contributed by atoms with van der Waals surface area (Å²) in [4.78, 5) is 13.7. The van der Waals surface area contributed by atoms with Gasteiger partial charge in [-0.3, -0.25) is 0 Å². The Balaban J connectivity index is 2.55. The number of azo groups is 1. The Hall–Kier alpha value is -2.55. The summed E-state index contributed by atoms with van der Waals surface area (Å²) in [5.74, 6) is -1.75. The molecule has 2 aromatic carbocycles. The van der Waals surface area contributed by atoms with Crippen molar-refractivity contribution in [3.8, 4) is 11.9 Å². The number of hydrogen-bond donors (Lipinski definition) is 0. The highest BCUT2D eigenvalue weighted by Gasteiger charge is 2.64. The second-order valence-electron chi connectivity index (χ2n) is 5.62. The monoisotopic (exact) mass is 455 g/mol. The standard InChI is InChI=1S/C19H16F3N3O3S2/c1-27-18(19(20,21)22,12-7-5-4-6-8-12)17(26)28-13-9-14(29-2)16(25-24-11-23)15(10-13)30-3/h4-10H,1-3H3/t18-/m0/s1. The maximum absolute atomic E-state index is 14.0. The van der Waals surface area contributed by atoms with Gasteiger partial charge in [0.1, 0.15) is 11.4 Å². The van der Waals surface area contributed by atoms with Gasteiger partial charge in [0.25, 0.3) is 5.60 Å². The molecule has 0 amide bonds. The smallest absolute Gasteiger partial charge is 0.424 e. The van der Waals surface area contributed by atoms with Gasteiger partial charge in [-0.15, -0.1) is 28.6 Å². The summed E-state index contributed by atoms with van der Waals surface area (Å²) in [6, 6.07) is 9.26. The SMILES string of the molecule is CO[C@](C(=O)Oc1cc(SC)c(N=NC#N)c(SC)c1)(c1ccccc1)C(F)(F)F. The fourth-order valence-corrected chi connectivity index (χ4v) is 3.89. The number of thioether (sulfide) groups is 2. The number of carbonyl (C=O) groups excluding carboxylic acids is 1. The Morgan fingerprint density at radius 3 is 2.10 bits per heavy atom. The third-order valence-corrected chi connectivity index (χ3v) is 5.53. The first kappa shape index (κ1) is 23.7. The number of carbonyl (C=O) groups is 1. The van der Waals surface area contributed by atoms with E-state index in [2.05, 4.69) is 10.2 Å². The van der Waals surface area contributed by atoms with Crippen LogP contribution in [-0.2, 0) is 15.1 Å². The molecule has 0 bridgehead atoms. The van der Waals surface area contributed by atoms with Crippen molar-refractivity contribution in [2.24, 2.45) is 10.2 Å². The van der Waals surface area contributed by atoms with Crippen LogP contribution in [0.15, 0.2) is 62.5 Å². The lowest BCUT2D eigenvalue weighted by Gasteiger charge is -2.32. The van der Waals surface area contributed by atoms with E-state index < -0.39 is 23.3 Å². The van der Waals surface area contributed by atoms with E-state index in [1.807, 2.05) is 0 Å². The minimum Gasteiger partial charge on any atom is -0.424 e. The summed E-state index contributed by atoms with van der Waals surface area (Å²) in [5, 5.41) is 15.7. The number of rotatable bonds is 7. The van der Waals surface area contributed by atoms with Gasteiger partial charge in [-0.05, 0) is 24.6 Å². The minimum absolute atomic E-state index is 0.119. The fourth-order valence-electron chi connectivity index (χ4n) is 2.67. The molecule has 0 saturated heterocycles. The summed E-state index contributed by atoms with van der Waals surface area (Å²) < 4.78 is 51.9. The van der Waals surface area contributed by atoms with Crippen molar-refractivity contribution in [2.75, 3.05) is 19.6 Å². The molecular formula is C19H16F3N3O3S2. The number of nitrogens with zero attached hydrogens (tertiary/aromatic N) is 3. The molecule has 0 unspecified atom stereocenters. The second-order valence-corrected chi connectivity index (χ2v) is 7.31. The first-order chi connectivity index (χ1) is 14.2. The molecule has 158 valence electrons. The van der Waals surface area contributed by atoms with Crippen LogP contribution in [0.3, 0.4) is 0 Å². The van der Waals surface area contributed by atoms with Crippen LogP contribution in [0.25, 0.3) is 0 Å². The van der Waals surface area contributed by atoms with E-state index in [4.69, 9.17) is 14.7 Å². The van der Waals surface area contributed by atoms with Gasteiger partial charge in [0, 0.05) is 22.5 Å². The summed E-state index contributed by atoms with van der Waals surface area (Å²) in [7, 11) is 0.799. The number of ether oxygens (including phenoxy) is 2. The van der Waals surface area contributed by atoms with Crippen molar-refractivity contribution in [3.63, 3.8) is 0 Å². The number of esters is 1. The molecule has 0 spiro atoms. The van der Waals surface area contributed by atoms with Gasteiger partial charge in [0.15, 0.2) is 0 Å². The highest BCUT2D eigenvalue weighted by Crippen LogP contribution is 2.45. The Kier molecular flexibility index (Phi) is 7.89. The normalized spacial score (nSPS) is 13.6. The van der Waals surface area contributed by atoms with E-state index in [9.17, 15) is 18.0 Å². The number of hydrogen-bond acceptors (Lipinski definition) is 8. The van der Waals surface area contributed by atoms with Crippen LogP contribution < -0.4 is 4.74 Å². The Morgan fingerprint density at radius 1 is 1.10 bits per heavy atom. The molecular weight excluding hydrogens is 439 g/mol. The van der Waals surface area contributed by atoms with Crippen LogP contribution in [0.1, 0.15) is 5.56 Å². The molecule has 30 heavy (non-hydrogen) atoms. The molecule has 2 aromatic rings. The fraction of sp³-hybridized carbons (Fsp3) is 0.263. The third-order valence-electron chi connectivity index (χ3n) is 4.03. The highest BCUT2D eigenvalue weighted by atomic mass is 32.2. The lowest BCUT2D eigenvalue weighted by Crippen LogP contribution is -2.52. The van der Waals surface area contributed by atoms with Crippen molar-refractivity contribution in [1.82, 2.24) is 0 Å². The van der Waals surface area contributed by atoms with Crippen LogP contribution in [-0.4, -0.2) is 31.8 Å². The van der Waals surface area contributed by atoms with E-state index in [1.165, 1.54) is 53.9 Å². The average molecular weight is 455 g/mol. The summed E-state index contributed by atoms with van der Waals surface area (Å²) in [6.45, 7) is 0. The zero-order chi connectivity index (χ0) is 22.4. The molecule has 0 saturated carbocycles. The van der Waals surface area contributed by atoms with Gasteiger partial charge in [-0.25, -0.2) is 4.79 Å². The van der Waals surface area contributed by atoms with E-state index in [-0.39, 0.29) is 5.75 Å². The van der Waals surface area contributed by atoms with Crippen LogP contribution in [0, 0.1) is 11.5 Å². The number of benzene rings is 2. The van der Waals surface area contributed by atoms with Crippen LogP contribution >= 0.6 is 23.5 Å². The maximum Gasteiger partial charge on any atom is 0.432 e. The van der Waals surface area contributed by atoms with Crippen molar-refractivity contribution in [2.45, 2.75) is 21.6 Å². The largest absolute Gasteiger partial charge is 0.432 e. The van der Waals surface area contributed by atoms with E-state index >= 15 is 0 Å². The highest BCUT2D eigenvalue weighted by molar-refractivity contribution is 7.99. The topological polar surface area (TPSA) is 84.0 Å². The van der Waals surface area contributed by atoms with Gasteiger partial charge in [-0.2, -0.15) is 18.4 Å². The molecule has 6 nitrogen and oxygen atoms in total. The van der Waals surface area contributed by atoms with Gasteiger partial charge in [0.05, 0.1) is 0 Å². The lowest BCUT2D eigenvalue weighted by molar-refractivity contribution is -0.272. The zero-order valence-electron chi connectivity index (χ0n) is 16.1. The third kappa shape index (κ3) is 4.61. The summed E-state index contributed by atoms with van der Waals surface area (Å²) >= 11 is 2.42. The molecule has 0 aliphatic rings. The quantitative estimate of drug-likeness (QED) is 0.175. The number of methoxy groups -OCH3 is 1. The number of halogens is 3. The minimum atomic E-state index is -5.08. The first-order valence-corrected chi connectivity index (χ1v) is 10.7. The van der Waals surface area contributed by atoms with Gasteiger partial charge < -0.3 is 9.47 Å². The molecule has 0 aliphatic carbocycles. The molecule has 0 aromatic heterocycles. The zero-order valence-corrected chi connectivity index (χ0v) is 17.7. The number of nitriles is 1. The van der Waals surface area contributed by atoms with Crippen molar-refractivity contribution in [3.05, 3.63) is 48.0 Å². The first-order valence-electron chi connectivity index (χ1n) is 8.20. The summed E-state index contributed by atoms with van der Waals surface area (Å²) in [5.41, 5.74) is -3.35. The Labute approximate surface area is 179 Å². The second kappa shape index (κ2) is 9.97. The molecule has 0 aliphatic heterocycles. The van der Waals surface area contributed by atoms with Crippen molar-refractivity contribution >= 4 is 35.2 Å². The maximum atomic E-state index is 14.0. The van der Waals surface area contributed by atoms with Crippen LogP contribution in [0.2, 0.25) is 0 Å². The molecule has 0 heterocycles. The summed E-state index contributed by atoms with van der Waals surface area (Å²) in [6.07, 6.45) is -0.129. The average Bonchev–Trinajstić information content (AvgIpc) is 2.72. The van der Waals surface area contributed by atoms with Crippen molar-refractivity contribution < 1.29 is 27.4 Å². The molecule has 0 N–H and O–H groups in total. The van der Waals surface area contributed by atoms with E-state index in [0.717, 1.165) is 19.2 Å².